The van der Waals surface area contributed by atoms with Crippen LogP contribution < -0.4 is 11.5 Å². The number of anilines is 1. The van der Waals surface area contributed by atoms with Crippen molar-refractivity contribution in [3.63, 3.8) is 0 Å². The standard InChI is InChI=1S/C14H16FN3/c1-9-6-7-18-14(17)13(9)12(16)8-10-2-4-11(15)5-3-10/h2-7,12H,8,16H2,1H3,(H2,17,18). The normalized spacial score (nSPS) is 12.4. The monoisotopic (exact) mass is 245 g/mol. The number of benzene rings is 1. The molecule has 2 rings (SSSR count). The molecule has 0 radical (unpaired) electrons. The van der Waals surface area contributed by atoms with Crippen LogP contribution in [0.1, 0.15) is 22.7 Å². The molecule has 18 heavy (non-hydrogen) atoms. The molecule has 4 N–H and O–H groups in total. The van der Waals surface area contributed by atoms with Crippen LogP contribution >= 0.6 is 0 Å². The predicted molar refractivity (Wildman–Crippen MR) is 70.4 cm³/mol. The second kappa shape index (κ2) is 5.14. The molecule has 1 aromatic heterocycles. The van der Waals surface area contributed by atoms with E-state index in [-0.39, 0.29) is 11.9 Å². The highest BCUT2D eigenvalue weighted by molar-refractivity contribution is 5.46. The third kappa shape index (κ3) is 2.65. The van der Waals surface area contributed by atoms with E-state index in [0.717, 1.165) is 16.7 Å². The van der Waals surface area contributed by atoms with Crippen LogP contribution in [0.5, 0.6) is 0 Å². The summed E-state index contributed by atoms with van der Waals surface area (Å²) in [5.74, 6) is 0.217. The Morgan fingerprint density at radius 3 is 2.50 bits per heavy atom. The fourth-order valence-electron chi connectivity index (χ4n) is 2.05. The molecule has 3 nitrogen and oxygen atoms in total. The van der Waals surface area contributed by atoms with Crippen LogP contribution in [-0.2, 0) is 6.42 Å². The van der Waals surface area contributed by atoms with E-state index >= 15 is 0 Å². The average molecular weight is 245 g/mol. The molecule has 0 bridgehead atoms. The molecule has 0 saturated heterocycles. The summed E-state index contributed by atoms with van der Waals surface area (Å²) in [6.45, 7) is 1.96. The van der Waals surface area contributed by atoms with Crippen molar-refractivity contribution in [3.8, 4) is 0 Å². The number of pyridine rings is 1. The van der Waals surface area contributed by atoms with E-state index in [0.29, 0.717) is 12.2 Å². The summed E-state index contributed by atoms with van der Waals surface area (Å²) in [4.78, 5) is 4.05. The third-order valence-corrected chi connectivity index (χ3v) is 2.98. The van der Waals surface area contributed by atoms with Crippen molar-refractivity contribution in [3.05, 3.63) is 59.0 Å². The summed E-state index contributed by atoms with van der Waals surface area (Å²) in [6.07, 6.45) is 2.27. The minimum Gasteiger partial charge on any atom is -0.383 e. The Bertz CT molecular complexity index is 517. The molecule has 0 amide bonds. The Labute approximate surface area is 106 Å². The number of hydrogen-bond donors (Lipinski definition) is 2. The van der Waals surface area contributed by atoms with Gasteiger partial charge in [-0.15, -0.1) is 0 Å². The Kier molecular flexibility index (Phi) is 3.58. The van der Waals surface area contributed by atoms with Gasteiger partial charge in [0.2, 0.25) is 0 Å². The van der Waals surface area contributed by atoms with Crippen molar-refractivity contribution in [1.29, 1.82) is 0 Å². The van der Waals surface area contributed by atoms with Gasteiger partial charge in [0, 0.05) is 17.8 Å². The van der Waals surface area contributed by atoms with Crippen LogP contribution in [-0.4, -0.2) is 4.98 Å². The van der Waals surface area contributed by atoms with Crippen molar-refractivity contribution in [2.75, 3.05) is 5.73 Å². The number of rotatable bonds is 3. The summed E-state index contributed by atoms with van der Waals surface area (Å²) in [5.41, 5.74) is 14.9. The summed E-state index contributed by atoms with van der Waals surface area (Å²) < 4.78 is 12.8. The number of nitrogens with zero attached hydrogens (tertiary/aromatic N) is 1. The number of nitrogens with two attached hydrogens (primary N) is 2. The third-order valence-electron chi connectivity index (χ3n) is 2.98. The van der Waals surface area contributed by atoms with Gasteiger partial charge in [-0.2, -0.15) is 0 Å². The van der Waals surface area contributed by atoms with Gasteiger partial charge in [0.1, 0.15) is 11.6 Å². The smallest absolute Gasteiger partial charge is 0.128 e. The molecule has 0 aliphatic heterocycles. The van der Waals surface area contributed by atoms with E-state index in [2.05, 4.69) is 4.98 Å². The minimum absolute atomic E-state index is 0.232. The number of aromatic nitrogens is 1. The highest BCUT2D eigenvalue weighted by atomic mass is 19.1. The van der Waals surface area contributed by atoms with Gasteiger partial charge < -0.3 is 11.5 Å². The largest absolute Gasteiger partial charge is 0.383 e. The van der Waals surface area contributed by atoms with Crippen molar-refractivity contribution in [2.24, 2.45) is 5.73 Å². The zero-order valence-corrected chi connectivity index (χ0v) is 10.2. The quantitative estimate of drug-likeness (QED) is 0.872. The first-order valence-corrected chi connectivity index (χ1v) is 5.79. The van der Waals surface area contributed by atoms with Crippen LogP contribution in [0.4, 0.5) is 10.2 Å². The predicted octanol–water partition coefficient (Wildman–Crippen LogP) is 2.35. The van der Waals surface area contributed by atoms with Crippen molar-refractivity contribution in [1.82, 2.24) is 4.98 Å². The lowest BCUT2D eigenvalue weighted by Crippen LogP contribution is -2.17. The van der Waals surface area contributed by atoms with Gasteiger partial charge in [-0.05, 0) is 42.7 Å². The van der Waals surface area contributed by atoms with E-state index in [1.807, 2.05) is 13.0 Å². The molecule has 0 fully saturated rings. The van der Waals surface area contributed by atoms with Gasteiger partial charge >= 0.3 is 0 Å². The Hall–Kier alpha value is -1.94. The number of halogens is 1. The van der Waals surface area contributed by atoms with Crippen molar-refractivity contribution < 1.29 is 4.39 Å². The first-order valence-electron chi connectivity index (χ1n) is 5.79. The molecule has 4 heteroatoms. The summed E-state index contributed by atoms with van der Waals surface area (Å²) in [6, 6.07) is 7.98. The lowest BCUT2D eigenvalue weighted by Gasteiger charge is -2.16. The second-order valence-electron chi connectivity index (χ2n) is 4.36. The van der Waals surface area contributed by atoms with Crippen LogP contribution in [0.25, 0.3) is 0 Å². The molecule has 1 aromatic carbocycles. The summed E-state index contributed by atoms with van der Waals surface area (Å²) in [5, 5.41) is 0. The maximum absolute atomic E-state index is 12.8. The molecule has 0 aliphatic carbocycles. The van der Waals surface area contributed by atoms with Gasteiger partial charge in [-0.1, -0.05) is 12.1 Å². The SMILES string of the molecule is Cc1ccnc(N)c1C(N)Cc1ccc(F)cc1. The van der Waals surface area contributed by atoms with Gasteiger partial charge in [0.25, 0.3) is 0 Å². The van der Waals surface area contributed by atoms with Crippen LogP contribution in [0.15, 0.2) is 36.5 Å². The number of aryl methyl sites for hydroxylation is 1. The number of nitrogen functional groups attached to an aromatic ring is 1. The van der Waals surface area contributed by atoms with Crippen LogP contribution in [0.2, 0.25) is 0 Å². The van der Waals surface area contributed by atoms with Gasteiger partial charge in [0.05, 0.1) is 0 Å². The zero-order chi connectivity index (χ0) is 13.1. The first kappa shape index (κ1) is 12.5. The van der Waals surface area contributed by atoms with E-state index in [1.165, 1.54) is 12.1 Å². The number of hydrogen-bond acceptors (Lipinski definition) is 3. The fourth-order valence-corrected chi connectivity index (χ4v) is 2.05. The second-order valence-corrected chi connectivity index (χ2v) is 4.36. The molecule has 0 aliphatic rings. The van der Waals surface area contributed by atoms with Crippen LogP contribution in [0.3, 0.4) is 0 Å². The van der Waals surface area contributed by atoms with E-state index in [4.69, 9.17) is 11.5 Å². The molecule has 1 unspecified atom stereocenters. The average Bonchev–Trinajstić information content (AvgIpc) is 2.32. The first-order chi connectivity index (χ1) is 8.58. The molecule has 2 aromatic rings. The molecule has 0 spiro atoms. The molecule has 1 atom stereocenters. The highest BCUT2D eigenvalue weighted by Crippen LogP contribution is 2.23. The Morgan fingerprint density at radius 2 is 1.89 bits per heavy atom. The van der Waals surface area contributed by atoms with E-state index in [9.17, 15) is 4.39 Å². The summed E-state index contributed by atoms with van der Waals surface area (Å²) >= 11 is 0. The molecule has 1 heterocycles. The van der Waals surface area contributed by atoms with E-state index < -0.39 is 0 Å². The molecule has 0 saturated carbocycles. The lowest BCUT2D eigenvalue weighted by molar-refractivity contribution is 0.625. The van der Waals surface area contributed by atoms with Gasteiger partial charge in [0.15, 0.2) is 0 Å². The van der Waals surface area contributed by atoms with Gasteiger partial charge in [-0.25, -0.2) is 9.37 Å². The molecular weight excluding hydrogens is 229 g/mol. The fraction of sp³-hybridized carbons (Fsp3) is 0.214. The van der Waals surface area contributed by atoms with E-state index in [1.54, 1.807) is 18.3 Å². The maximum Gasteiger partial charge on any atom is 0.128 e. The Morgan fingerprint density at radius 1 is 1.22 bits per heavy atom. The van der Waals surface area contributed by atoms with Crippen molar-refractivity contribution >= 4 is 5.82 Å². The highest BCUT2D eigenvalue weighted by Gasteiger charge is 2.13. The van der Waals surface area contributed by atoms with Gasteiger partial charge in [-0.3, -0.25) is 0 Å². The van der Waals surface area contributed by atoms with Crippen LogP contribution in [0, 0.1) is 12.7 Å². The van der Waals surface area contributed by atoms with Crippen molar-refractivity contribution in [2.45, 2.75) is 19.4 Å². The molecule has 94 valence electrons. The minimum atomic E-state index is -0.246. The zero-order valence-electron chi connectivity index (χ0n) is 10.2. The topological polar surface area (TPSA) is 64.9 Å². The molecular formula is C14H16FN3. The lowest BCUT2D eigenvalue weighted by atomic mass is 9.97. The Balaban J connectivity index is 2.22. The maximum atomic E-state index is 12.8. The summed E-state index contributed by atoms with van der Waals surface area (Å²) in [7, 11) is 0.